The van der Waals surface area contributed by atoms with Gasteiger partial charge in [-0.3, -0.25) is 4.79 Å². The highest BCUT2D eigenvalue weighted by Gasteiger charge is 2.25. The Hall–Kier alpha value is -1.29. The van der Waals surface area contributed by atoms with Crippen molar-refractivity contribution in [1.29, 1.82) is 0 Å². The quantitative estimate of drug-likeness (QED) is 0.798. The van der Waals surface area contributed by atoms with Crippen molar-refractivity contribution in [3.63, 3.8) is 0 Å². The Morgan fingerprint density at radius 1 is 1.50 bits per heavy atom. The highest BCUT2D eigenvalue weighted by Crippen LogP contribution is 2.27. The van der Waals surface area contributed by atoms with Crippen LogP contribution in [0.3, 0.4) is 0 Å². The molecule has 1 aromatic heterocycles. The summed E-state index contributed by atoms with van der Waals surface area (Å²) in [5.74, 6) is 0.665. The van der Waals surface area contributed by atoms with Gasteiger partial charge in [0.05, 0.1) is 5.69 Å². The summed E-state index contributed by atoms with van der Waals surface area (Å²) in [4.78, 5) is 15.9. The predicted molar refractivity (Wildman–Crippen MR) is 64.8 cm³/mol. The highest BCUT2D eigenvalue weighted by molar-refractivity contribution is 6.29. The molecule has 4 nitrogen and oxygen atoms in total. The van der Waals surface area contributed by atoms with Crippen LogP contribution >= 0.6 is 11.6 Å². The Morgan fingerprint density at radius 3 is 3.06 bits per heavy atom. The number of fused-ring (bicyclic) bond motifs is 1. The maximum atomic E-state index is 11.7. The molecule has 0 aromatic carbocycles. The summed E-state index contributed by atoms with van der Waals surface area (Å²) in [6, 6.07) is 3.22. The number of nitrogens with one attached hydrogen (secondary N) is 2. The molecule has 1 aliphatic rings. The van der Waals surface area contributed by atoms with Gasteiger partial charge in [0, 0.05) is 0 Å². The molecule has 0 saturated carbocycles. The number of nitrogens with zero attached hydrogens (tertiary/aromatic N) is 1. The molecule has 0 bridgehead atoms. The molecule has 5 heteroatoms. The fourth-order valence-corrected chi connectivity index (χ4v) is 1.86. The molecule has 0 spiro atoms. The van der Waals surface area contributed by atoms with Crippen molar-refractivity contribution in [3.05, 3.63) is 17.3 Å². The van der Waals surface area contributed by atoms with E-state index >= 15 is 0 Å². The minimum atomic E-state index is -0.196. The second-order valence-corrected chi connectivity index (χ2v) is 4.25. The van der Waals surface area contributed by atoms with E-state index in [9.17, 15) is 4.79 Å². The molecular formula is C11H14ClN3O. The molecule has 0 saturated heterocycles. The lowest BCUT2D eigenvalue weighted by molar-refractivity contribution is -0.117. The van der Waals surface area contributed by atoms with E-state index in [1.165, 1.54) is 0 Å². The number of carbonyl (C=O) groups excluding carboxylic acids is 1. The second kappa shape index (κ2) is 4.70. The maximum Gasteiger partial charge on any atom is 0.247 e. The van der Waals surface area contributed by atoms with Crippen LogP contribution < -0.4 is 10.6 Å². The van der Waals surface area contributed by atoms with Crippen LogP contribution in [-0.4, -0.2) is 16.9 Å². The van der Waals surface area contributed by atoms with E-state index in [0.717, 1.165) is 19.3 Å². The van der Waals surface area contributed by atoms with Gasteiger partial charge in [-0.05, 0) is 18.6 Å². The molecule has 0 radical (unpaired) electrons. The van der Waals surface area contributed by atoms with E-state index in [4.69, 9.17) is 11.6 Å². The van der Waals surface area contributed by atoms with Crippen molar-refractivity contribution >= 4 is 29.0 Å². The zero-order valence-electron chi connectivity index (χ0n) is 9.09. The molecule has 2 heterocycles. The van der Waals surface area contributed by atoms with Gasteiger partial charge in [0.2, 0.25) is 5.91 Å². The number of amides is 1. The van der Waals surface area contributed by atoms with Gasteiger partial charge in [0.1, 0.15) is 11.2 Å². The second-order valence-electron chi connectivity index (χ2n) is 3.86. The SMILES string of the molecule is CCCCC1Nc2nc(Cl)ccc2NC1=O. The summed E-state index contributed by atoms with van der Waals surface area (Å²) in [5.41, 5.74) is 0.696. The first kappa shape index (κ1) is 11.2. The molecule has 2 N–H and O–H groups in total. The lowest BCUT2D eigenvalue weighted by atomic mass is 10.1. The molecule has 1 aromatic rings. The minimum absolute atomic E-state index is 0.00470. The van der Waals surface area contributed by atoms with Gasteiger partial charge in [-0.1, -0.05) is 31.4 Å². The Labute approximate surface area is 99.4 Å². The van der Waals surface area contributed by atoms with Gasteiger partial charge in [-0.2, -0.15) is 0 Å². The minimum Gasteiger partial charge on any atom is -0.357 e. The van der Waals surface area contributed by atoms with Crippen molar-refractivity contribution in [1.82, 2.24) is 4.98 Å². The van der Waals surface area contributed by atoms with Crippen LogP contribution in [0.25, 0.3) is 0 Å². The molecule has 0 fully saturated rings. The third kappa shape index (κ3) is 2.27. The van der Waals surface area contributed by atoms with Gasteiger partial charge < -0.3 is 10.6 Å². The van der Waals surface area contributed by atoms with E-state index in [0.29, 0.717) is 16.7 Å². The predicted octanol–water partition coefficient (Wildman–Crippen LogP) is 2.66. The van der Waals surface area contributed by atoms with Crippen molar-refractivity contribution in [3.8, 4) is 0 Å². The summed E-state index contributed by atoms with van der Waals surface area (Å²) in [7, 11) is 0. The topological polar surface area (TPSA) is 54.0 Å². The normalized spacial score (nSPS) is 18.6. The molecule has 1 unspecified atom stereocenters. The number of halogens is 1. The van der Waals surface area contributed by atoms with Crippen LogP contribution in [0, 0.1) is 0 Å². The third-order valence-electron chi connectivity index (χ3n) is 2.59. The number of unbranched alkanes of at least 4 members (excludes halogenated alkanes) is 1. The first-order valence-corrected chi connectivity index (χ1v) is 5.82. The Bertz CT molecular complexity index is 408. The van der Waals surface area contributed by atoms with E-state index < -0.39 is 0 Å². The molecule has 2 rings (SSSR count). The Balaban J connectivity index is 2.16. The summed E-state index contributed by atoms with van der Waals surface area (Å²) in [6.07, 6.45) is 2.90. The van der Waals surface area contributed by atoms with Gasteiger partial charge in [-0.15, -0.1) is 0 Å². The van der Waals surface area contributed by atoms with Gasteiger partial charge in [0.25, 0.3) is 0 Å². The van der Waals surface area contributed by atoms with Gasteiger partial charge in [-0.25, -0.2) is 4.98 Å². The largest absolute Gasteiger partial charge is 0.357 e. The zero-order chi connectivity index (χ0) is 11.5. The van der Waals surface area contributed by atoms with E-state index in [1.54, 1.807) is 12.1 Å². The maximum absolute atomic E-state index is 11.7. The summed E-state index contributed by atoms with van der Waals surface area (Å²) >= 11 is 5.80. The molecular weight excluding hydrogens is 226 g/mol. The van der Waals surface area contributed by atoms with E-state index in [-0.39, 0.29) is 11.9 Å². The number of rotatable bonds is 3. The third-order valence-corrected chi connectivity index (χ3v) is 2.80. The van der Waals surface area contributed by atoms with Crippen molar-refractivity contribution in [2.45, 2.75) is 32.2 Å². The summed E-state index contributed by atoms with van der Waals surface area (Å²) in [5, 5.41) is 6.37. The molecule has 16 heavy (non-hydrogen) atoms. The molecule has 1 atom stereocenters. The average Bonchev–Trinajstić information content (AvgIpc) is 2.27. The molecule has 86 valence electrons. The van der Waals surface area contributed by atoms with Crippen LogP contribution in [0.2, 0.25) is 5.15 Å². The van der Waals surface area contributed by atoms with Crippen molar-refractivity contribution in [2.24, 2.45) is 0 Å². The zero-order valence-corrected chi connectivity index (χ0v) is 9.84. The fraction of sp³-hybridized carbons (Fsp3) is 0.455. The van der Waals surface area contributed by atoms with Crippen molar-refractivity contribution < 1.29 is 4.79 Å². The fourth-order valence-electron chi connectivity index (χ4n) is 1.71. The van der Waals surface area contributed by atoms with Crippen LogP contribution in [0.4, 0.5) is 11.5 Å². The van der Waals surface area contributed by atoms with Crippen LogP contribution in [0.5, 0.6) is 0 Å². The average molecular weight is 240 g/mol. The first-order chi connectivity index (χ1) is 7.70. The van der Waals surface area contributed by atoms with E-state index in [1.807, 2.05) is 0 Å². The number of aromatic nitrogens is 1. The first-order valence-electron chi connectivity index (χ1n) is 5.44. The van der Waals surface area contributed by atoms with E-state index in [2.05, 4.69) is 22.5 Å². The van der Waals surface area contributed by atoms with Gasteiger partial charge in [0.15, 0.2) is 5.82 Å². The van der Waals surface area contributed by atoms with Gasteiger partial charge >= 0.3 is 0 Å². The van der Waals surface area contributed by atoms with Crippen LogP contribution in [0.15, 0.2) is 12.1 Å². The summed E-state index contributed by atoms with van der Waals surface area (Å²) < 4.78 is 0. The smallest absolute Gasteiger partial charge is 0.247 e. The van der Waals surface area contributed by atoms with Crippen LogP contribution in [0.1, 0.15) is 26.2 Å². The lowest BCUT2D eigenvalue weighted by Crippen LogP contribution is -2.39. The lowest BCUT2D eigenvalue weighted by Gasteiger charge is -2.25. The Kier molecular flexibility index (Phi) is 3.29. The number of hydrogen-bond donors (Lipinski definition) is 2. The van der Waals surface area contributed by atoms with Crippen molar-refractivity contribution in [2.75, 3.05) is 10.6 Å². The standard InChI is InChI=1S/C11H14ClN3O/c1-2-3-4-8-11(16)14-7-5-6-9(12)15-10(7)13-8/h5-6,8H,2-4H2,1H3,(H,13,15)(H,14,16). The van der Waals surface area contributed by atoms with Crippen LogP contribution in [-0.2, 0) is 4.79 Å². The monoisotopic (exact) mass is 239 g/mol. The number of anilines is 2. The Morgan fingerprint density at radius 2 is 2.31 bits per heavy atom. The molecule has 1 aliphatic heterocycles. The highest BCUT2D eigenvalue weighted by atomic mass is 35.5. The number of hydrogen-bond acceptors (Lipinski definition) is 3. The molecule has 0 aliphatic carbocycles. The molecule has 1 amide bonds. The number of pyridine rings is 1. The number of carbonyl (C=O) groups is 1. The summed E-state index contributed by atoms with van der Waals surface area (Å²) in [6.45, 7) is 2.10.